The number of rotatable bonds is 18. The van der Waals surface area contributed by atoms with Gasteiger partial charge < -0.3 is 9.84 Å². The van der Waals surface area contributed by atoms with Crippen molar-refractivity contribution in [1.29, 1.82) is 0 Å². The second-order valence-corrected chi connectivity index (χ2v) is 12.4. The van der Waals surface area contributed by atoms with E-state index in [4.69, 9.17) is 9.84 Å². The van der Waals surface area contributed by atoms with E-state index < -0.39 is 16.0 Å². The Hall–Kier alpha value is -2.49. The van der Waals surface area contributed by atoms with Crippen LogP contribution in [0.1, 0.15) is 70.3 Å². The van der Waals surface area contributed by atoms with E-state index in [1.807, 2.05) is 48.5 Å². The predicted molar refractivity (Wildman–Crippen MR) is 150 cm³/mol. The van der Waals surface area contributed by atoms with E-state index in [1.54, 1.807) is 0 Å². The van der Waals surface area contributed by atoms with E-state index in [1.165, 1.54) is 34.9 Å². The predicted octanol–water partition coefficient (Wildman–Crippen LogP) is 6.88. The Balaban J connectivity index is 1.53. The number of nitrogens with zero attached hydrogens (tertiary/aromatic N) is 2. The van der Waals surface area contributed by atoms with Crippen molar-refractivity contribution >= 4 is 37.5 Å². The molecule has 3 rings (SSSR count). The highest BCUT2D eigenvalue weighted by atomic mass is 32.2. The number of aromatic nitrogens is 1. The van der Waals surface area contributed by atoms with Gasteiger partial charge in [-0.05, 0) is 49.1 Å². The highest BCUT2D eigenvalue weighted by Crippen LogP contribution is 2.31. The Morgan fingerprint density at radius 1 is 0.946 bits per heavy atom. The summed E-state index contributed by atoms with van der Waals surface area (Å²) in [5, 5.41) is 9.57. The number of benzene rings is 2. The lowest BCUT2D eigenvalue weighted by Gasteiger charge is -2.22. The topological polar surface area (TPSA) is 96.8 Å². The average Bonchev–Trinajstić information content (AvgIpc) is 3.28. The summed E-state index contributed by atoms with van der Waals surface area (Å²) in [6.07, 6.45) is 8.18. The molecule has 0 atom stereocenters. The number of ether oxygens (including phenoxy) is 1. The normalized spacial score (nSPS) is 11.8. The Morgan fingerprint density at radius 3 is 2.35 bits per heavy atom. The first-order chi connectivity index (χ1) is 17.9. The Labute approximate surface area is 224 Å². The van der Waals surface area contributed by atoms with Crippen molar-refractivity contribution in [2.45, 2.75) is 71.1 Å². The highest BCUT2D eigenvalue weighted by Gasteiger charge is 2.21. The van der Waals surface area contributed by atoms with Crippen LogP contribution in [-0.2, 0) is 21.2 Å². The third-order valence-electron chi connectivity index (χ3n) is 6.25. The number of unbranched alkanes of at least 4 members (excludes halogenated alkanes) is 6. The lowest BCUT2D eigenvalue weighted by molar-refractivity contribution is -0.137. The molecule has 0 fully saturated rings. The molecule has 0 unspecified atom stereocenters. The molecule has 9 heteroatoms. The van der Waals surface area contributed by atoms with Gasteiger partial charge in [0.15, 0.2) is 0 Å². The van der Waals surface area contributed by atoms with E-state index in [0.717, 1.165) is 35.0 Å². The lowest BCUT2D eigenvalue weighted by atomic mass is 10.1. The molecule has 0 spiro atoms. The summed E-state index contributed by atoms with van der Waals surface area (Å²) in [6, 6.07) is 15.5. The number of hydrogen-bond donors (Lipinski definition) is 1. The summed E-state index contributed by atoms with van der Waals surface area (Å²) in [7, 11) is -3.44. The minimum Gasteiger partial charge on any atom is -0.481 e. The number of hydrogen-bond acceptors (Lipinski definition) is 6. The van der Waals surface area contributed by atoms with Gasteiger partial charge in [0.05, 0.1) is 16.0 Å². The number of fused-ring (bicyclic) bond motifs is 1. The Morgan fingerprint density at radius 2 is 1.65 bits per heavy atom. The molecule has 3 aromatic rings. The summed E-state index contributed by atoms with van der Waals surface area (Å²) in [4.78, 5) is 15.4. The number of aliphatic carboxylic acids is 1. The van der Waals surface area contributed by atoms with E-state index in [0.29, 0.717) is 36.8 Å². The maximum Gasteiger partial charge on any atom is 0.303 e. The fourth-order valence-electron chi connectivity index (χ4n) is 4.14. The van der Waals surface area contributed by atoms with Gasteiger partial charge in [-0.2, -0.15) is 0 Å². The third-order valence-corrected chi connectivity index (χ3v) is 9.12. The van der Waals surface area contributed by atoms with Crippen LogP contribution in [0, 0.1) is 0 Å². The molecule has 0 aliphatic rings. The largest absolute Gasteiger partial charge is 0.481 e. The van der Waals surface area contributed by atoms with Crippen molar-refractivity contribution in [2.75, 3.05) is 18.8 Å². The molecule has 0 saturated heterocycles. The van der Waals surface area contributed by atoms with Gasteiger partial charge in [-0.3, -0.25) is 4.79 Å². The van der Waals surface area contributed by atoms with Crippen LogP contribution in [0.4, 0.5) is 0 Å². The molecule has 202 valence electrons. The summed E-state index contributed by atoms with van der Waals surface area (Å²) in [6.45, 7) is 2.73. The first kappa shape index (κ1) is 29.1. The molecular formula is C28H38N2O5S2. The first-order valence-electron chi connectivity index (χ1n) is 13.2. The monoisotopic (exact) mass is 546 g/mol. The number of carboxylic acid groups (broad SMARTS) is 1. The van der Waals surface area contributed by atoms with Gasteiger partial charge >= 0.3 is 5.97 Å². The maximum absolute atomic E-state index is 13.0. The van der Waals surface area contributed by atoms with Crippen molar-refractivity contribution < 1.29 is 23.1 Å². The van der Waals surface area contributed by atoms with Gasteiger partial charge in [-0.1, -0.05) is 81.1 Å². The average molecular weight is 547 g/mol. The van der Waals surface area contributed by atoms with Gasteiger partial charge in [0, 0.05) is 19.5 Å². The number of carbonyl (C=O) groups is 1. The molecule has 0 saturated carbocycles. The molecule has 37 heavy (non-hydrogen) atoms. The van der Waals surface area contributed by atoms with E-state index in [9.17, 15) is 13.2 Å². The van der Waals surface area contributed by atoms with Gasteiger partial charge in [0.25, 0.3) is 5.19 Å². The van der Waals surface area contributed by atoms with Crippen LogP contribution < -0.4 is 4.74 Å². The van der Waals surface area contributed by atoms with E-state index in [2.05, 4.69) is 11.9 Å². The van der Waals surface area contributed by atoms with Crippen LogP contribution in [-0.4, -0.2) is 47.6 Å². The second kappa shape index (κ2) is 15.1. The van der Waals surface area contributed by atoms with Crippen LogP contribution in [0.3, 0.4) is 0 Å². The summed E-state index contributed by atoms with van der Waals surface area (Å²) < 4.78 is 34.5. The summed E-state index contributed by atoms with van der Waals surface area (Å²) in [5.41, 5.74) is 1.89. The van der Waals surface area contributed by atoms with Crippen molar-refractivity contribution in [2.24, 2.45) is 0 Å². The number of thiazole rings is 1. The van der Waals surface area contributed by atoms with Crippen molar-refractivity contribution in [3.8, 4) is 10.9 Å². The van der Waals surface area contributed by atoms with Gasteiger partial charge in [0.2, 0.25) is 10.0 Å². The van der Waals surface area contributed by atoms with Gasteiger partial charge in [-0.15, -0.1) is 0 Å². The maximum atomic E-state index is 13.0. The fourth-order valence-corrected chi connectivity index (χ4v) is 6.58. The van der Waals surface area contributed by atoms with Gasteiger partial charge in [-0.25, -0.2) is 17.7 Å². The Kier molecular flexibility index (Phi) is 11.8. The smallest absolute Gasteiger partial charge is 0.303 e. The Bertz CT molecular complexity index is 1180. The minimum atomic E-state index is -3.44. The highest BCUT2D eigenvalue weighted by molar-refractivity contribution is 7.89. The summed E-state index contributed by atoms with van der Waals surface area (Å²) in [5.74, 6) is -0.121. The second-order valence-electron chi connectivity index (χ2n) is 9.28. The SMILES string of the molecule is CCCCCCCCCS(=O)(=O)N(CCCC(=O)O)CCc1ccc(Oc2nc3ccccc3s2)cc1. The molecular weight excluding hydrogens is 508 g/mol. The molecule has 0 amide bonds. The van der Waals surface area contributed by atoms with Crippen LogP contribution in [0.25, 0.3) is 10.2 Å². The zero-order valence-electron chi connectivity index (χ0n) is 21.6. The van der Waals surface area contributed by atoms with Crippen molar-refractivity contribution in [3.63, 3.8) is 0 Å². The molecule has 2 aromatic carbocycles. The van der Waals surface area contributed by atoms with E-state index >= 15 is 0 Å². The van der Waals surface area contributed by atoms with Crippen molar-refractivity contribution in [1.82, 2.24) is 9.29 Å². The third kappa shape index (κ3) is 10.1. The van der Waals surface area contributed by atoms with E-state index in [-0.39, 0.29) is 18.7 Å². The fraction of sp³-hybridized carbons (Fsp3) is 0.500. The number of para-hydroxylation sites is 1. The van der Waals surface area contributed by atoms with Crippen LogP contribution in [0.15, 0.2) is 48.5 Å². The summed E-state index contributed by atoms with van der Waals surface area (Å²) >= 11 is 1.49. The molecule has 0 radical (unpaired) electrons. The standard InChI is InChI=1S/C28H38N2O5S2/c1-2-3-4-5-6-7-10-22-37(33,34)30(20-11-14-27(31)32)21-19-23-15-17-24(18-16-23)35-28-29-25-12-8-9-13-26(25)36-28/h8-9,12-13,15-18H,2-7,10-11,14,19-22H2,1H3,(H,31,32). The van der Waals surface area contributed by atoms with Crippen LogP contribution >= 0.6 is 11.3 Å². The minimum absolute atomic E-state index is 0.0404. The zero-order chi connectivity index (χ0) is 26.5. The van der Waals surface area contributed by atoms with Gasteiger partial charge in [0.1, 0.15) is 5.75 Å². The molecule has 0 aliphatic carbocycles. The molecule has 1 heterocycles. The lowest BCUT2D eigenvalue weighted by Crippen LogP contribution is -2.36. The molecule has 0 aliphatic heterocycles. The molecule has 1 N–H and O–H groups in total. The molecule has 7 nitrogen and oxygen atoms in total. The quantitative estimate of drug-likeness (QED) is 0.175. The van der Waals surface area contributed by atoms with Crippen LogP contribution in [0.2, 0.25) is 0 Å². The van der Waals surface area contributed by atoms with Crippen molar-refractivity contribution in [3.05, 3.63) is 54.1 Å². The zero-order valence-corrected chi connectivity index (χ0v) is 23.2. The van der Waals surface area contributed by atoms with Crippen LogP contribution in [0.5, 0.6) is 10.9 Å². The number of sulfonamides is 1. The first-order valence-corrected chi connectivity index (χ1v) is 15.6. The number of carboxylic acids is 1. The molecule has 1 aromatic heterocycles. The molecule has 0 bridgehead atoms.